The zero-order chi connectivity index (χ0) is 22.0. The number of carbonyl (C=O) groups is 3. The van der Waals surface area contributed by atoms with Crippen LogP contribution in [0.25, 0.3) is 0 Å². The van der Waals surface area contributed by atoms with E-state index in [1.54, 1.807) is 24.7 Å². The van der Waals surface area contributed by atoms with Crippen molar-refractivity contribution < 1.29 is 14.4 Å². The molecular weight excluding hydrogens is 394 g/mol. The molecule has 1 saturated carbocycles. The number of amides is 3. The Balaban J connectivity index is 1.52. The van der Waals surface area contributed by atoms with Gasteiger partial charge in [-0.1, -0.05) is 38.5 Å². The lowest BCUT2D eigenvalue weighted by atomic mass is 9.95. The molecule has 1 aromatic rings. The van der Waals surface area contributed by atoms with Crippen molar-refractivity contribution in [2.24, 2.45) is 0 Å². The van der Waals surface area contributed by atoms with Gasteiger partial charge in [0.2, 0.25) is 5.91 Å². The zero-order valence-corrected chi connectivity index (χ0v) is 18.9. The Morgan fingerprint density at radius 1 is 1.03 bits per heavy atom. The predicted octanol–water partition coefficient (Wildman–Crippen LogP) is 2.58. The Morgan fingerprint density at radius 3 is 2.29 bits per heavy atom. The summed E-state index contributed by atoms with van der Waals surface area (Å²) >= 11 is 0. The van der Waals surface area contributed by atoms with Gasteiger partial charge in [0.05, 0.1) is 6.54 Å². The third-order valence-corrected chi connectivity index (χ3v) is 7.29. The Hall–Kier alpha value is -2.38. The summed E-state index contributed by atoms with van der Waals surface area (Å²) in [6.45, 7) is 3.50. The monoisotopic (exact) mass is 429 g/mol. The van der Waals surface area contributed by atoms with Crippen LogP contribution in [0, 0.1) is 0 Å². The van der Waals surface area contributed by atoms with E-state index in [4.69, 9.17) is 0 Å². The van der Waals surface area contributed by atoms with Gasteiger partial charge in [0.15, 0.2) is 5.69 Å². The number of fused-ring (bicyclic) bond motifs is 1. The van der Waals surface area contributed by atoms with Crippen molar-refractivity contribution in [1.29, 1.82) is 0 Å². The lowest BCUT2D eigenvalue weighted by Crippen LogP contribution is -2.63. The Kier molecular flexibility index (Phi) is 6.34. The number of hydrogen-bond acceptors (Lipinski definition) is 4. The van der Waals surface area contributed by atoms with Crippen molar-refractivity contribution in [3.63, 3.8) is 0 Å². The molecular formula is C23H35N5O3. The topological polar surface area (TPSA) is 87.5 Å². The van der Waals surface area contributed by atoms with Crippen LogP contribution in [-0.4, -0.2) is 69.0 Å². The molecule has 0 bridgehead atoms. The van der Waals surface area contributed by atoms with E-state index in [1.807, 2.05) is 4.90 Å². The van der Waals surface area contributed by atoms with Crippen LogP contribution in [0.1, 0.15) is 92.1 Å². The molecule has 4 rings (SSSR count). The summed E-state index contributed by atoms with van der Waals surface area (Å²) < 4.78 is 1.56. The molecule has 2 aliphatic heterocycles. The fraction of sp³-hybridized carbons (Fsp3) is 0.739. The second-order valence-electron chi connectivity index (χ2n) is 9.58. The molecule has 8 heteroatoms. The van der Waals surface area contributed by atoms with Gasteiger partial charge >= 0.3 is 0 Å². The highest BCUT2D eigenvalue weighted by molar-refractivity contribution is 6.01. The molecule has 1 saturated heterocycles. The van der Waals surface area contributed by atoms with Gasteiger partial charge < -0.3 is 15.1 Å². The molecule has 8 nitrogen and oxygen atoms in total. The number of likely N-dealkylation sites (tertiary alicyclic amines) is 1. The van der Waals surface area contributed by atoms with Crippen LogP contribution in [0.4, 0.5) is 0 Å². The number of nitrogens with one attached hydrogen (secondary N) is 1. The van der Waals surface area contributed by atoms with E-state index in [-0.39, 0.29) is 30.3 Å². The van der Waals surface area contributed by atoms with Gasteiger partial charge in [-0.15, -0.1) is 0 Å². The lowest BCUT2D eigenvalue weighted by molar-refractivity contribution is -0.133. The van der Waals surface area contributed by atoms with E-state index >= 15 is 0 Å². The molecule has 1 atom stereocenters. The lowest BCUT2D eigenvalue weighted by Gasteiger charge is -2.41. The SMILES string of the molecule is CN1C(=O)c2cc(C(=O)N3CCCCCC3)nn2C[C@@]1(C)C(=O)NC1CCCCCC1. The van der Waals surface area contributed by atoms with Crippen LogP contribution in [0.15, 0.2) is 6.07 Å². The number of nitrogens with zero attached hydrogens (tertiary/aromatic N) is 4. The van der Waals surface area contributed by atoms with E-state index in [1.165, 1.54) is 17.7 Å². The van der Waals surface area contributed by atoms with Crippen LogP contribution in [0.3, 0.4) is 0 Å². The van der Waals surface area contributed by atoms with Crippen molar-refractivity contribution >= 4 is 17.7 Å². The van der Waals surface area contributed by atoms with Crippen LogP contribution >= 0.6 is 0 Å². The van der Waals surface area contributed by atoms with Crippen molar-refractivity contribution in [2.45, 2.75) is 89.3 Å². The molecule has 3 aliphatic rings. The fourth-order valence-electron chi connectivity index (χ4n) is 5.03. The zero-order valence-electron chi connectivity index (χ0n) is 18.9. The van der Waals surface area contributed by atoms with Crippen LogP contribution in [0.2, 0.25) is 0 Å². The van der Waals surface area contributed by atoms with Crippen molar-refractivity contribution in [3.8, 4) is 0 Å². The molecule has 1 N–H and O–H groups in total. The van der Waals surface area contributed by atoms with E-state index in [2.05, 4.69) is 10.4 Å². The first-order valence-corrected chi connectivity index (χ1v) is 11.9. The molecule has 0 spiro atoms. The third kappa shape index (κ3) is 4.34. The van der Waals surface area contributed by atoms with Gasteiger partial charge in [0.1, 0.15) is 11.2 Å². The minimum atomic E-state index is -1.04. The van der Waals surface area contributed by atoms with Gasteiger partial charge in [-0.2, -0.15) is 5.10 Å². The number of rotatable bonds is 3. The normalized spacial score (nSPS) is 25.5. The van der Waals surface area contributed by atoms with Crippen molar-refractivity contribution in [1.82, 2.24) is 24.9 Å². The average Bonchev–Trinajstić information content (AvgIpc) is 2.95. The molecule has 1 aliphatic carbocycles. The summed E-state index contributed by atoms with van der Waals surface area (Å²) in [6.07, 6.45) is 10.9. The highest BCUT2D eigenvalue weighted by Gasteiger charge is 2.47. The molecule has 3 amide bonds. The molecule has 31 heavy (non-hydrogen) atoms. The number of carbonyl (C=O) groups excluding carboxylic acids is 3. The van der Waals surface area contributed by atoms with Gasteiger partial charge in [-0.05, 0) is 32.6 Å². The standard InChI is InChI=1S/C23H35N5O3/c1-23(22(31)24-17-11-7-3-4-8-12-17)16-28-19(21(30)26(23)2)15-18(25-28)20(29)27-13-9-5-6-10-14-27/h15,17H,3-14,16H2,1-2H3,(H,24,31)/t23-/m0/s1. The van der Waals surface area contributed by atoms with E-state index in [9.17, 15) is 14.4 Å². The van der Waals surface area contributed by atoms with Crippen molar-refractivity contribution in [3.05, 3.63) is 17.5 Å². The maximum atomic E-state index is 13.3. The van der Waals surface area contributed by atoms with Gasteiger partial charge in [-0.25, -0.2) is 0 Å². The number of likely N-dealkylation sites (N-methyl/N-ethyl adjacent to an activating group) is 1. The largest absolute Gasteiger partial charge is 0.351 e. The van der Waals surface area contributed by atoms with E-state index < -0.39 is 5.54 Å². The Bertz CT molecular complexity index is 834. The molecule has 3 heterocycles. The highest BCUT2D eigenvalue weighted by Crippen LogP contribution is 2.27. The van der Waals surface area contributed by atoms with E-state index in [0.717, 1.165) is 64.5 Å². The fourth-order valence-corrected chi connectivity index (χ4v) is 5.03. The maximum Gasteiger partial charge on any atom is 0.274 e. The molecule has 2 fully saturated rings. The minimum absolute atomic E-state index is 0.121. The van der Waals surface area contributed by atoms with Gasteiger partial charge in [0, 0.05) is 32.2 Å². The first kappa shape index (κ1) is 21.8. The van der Waals surface area contributed by atoms with Gasteiger partial charge in [-0.3, -0.25) is 19.1 Å². The minimum Gasteiger partial charge on any atom is -0.351 e. The average molecular weight is 430 g/mol. The van der Waals surface area contributed by atoms with E-state index in [0.29, 0.717) is 11.4 Å². The molecule has 0 unspecified atom stereocenters. The Labute approximate surface area is 184 Å². The smallest absolute Gasteiger partial charge is 0.274 e. The first-order valence-electron chi connectivity index (χ1n) is 11.9. The predicted molar refractivity (Wildman–Crippen MR) is 117 cm³/mol. The maximum absolute atomic E-state index is 13.3. The quantitative estimate of drug-likeness (QED) is 0.748. The van der Waals surface area contributed by atoms with Gasteiger partial charge in [0.25, 0.3) is 11.8 Å². The highest BCUT2D eigenvalue weighted by atomic mass is 16.2. The summed E-state index contributed by atoms with van der Waals surface area (Å²) in [7, 11) is 1.67. The first-order chi connectivity index (χ1) is 14.9. The summed E-state index contributed by atoms with van der Waals surface area (Å²) in [4.78, 5) is 42.7. The molecule has 170 valence electrons. The van der Waals surface area contributed by atoms with Crippen LogP contribution in [-0.2, 0) is 11.3 Å². The summed E-state index contributed by atoms with van der Waals surface area (Å²) in [5, 5.41) is 7.67. The van der Waals surface area contributed by atoms with Crippen LogP contribution < -0.4 is 5.32 Å². The number of aromatic nitrogens is 2. The third-order valence-electron chi connectivity index (χ3n) is 7.29. The second-order valence-corrected chi connectivity index (χ2v) is 9.58. The van der Waals surface area contributed by atoms with Crippen molar-refractivity contribution in [2.75, 3.05) is 20.1 Å². The summed E-state index contributed by atoms with van der Waals surface area (Å²) in [5.41, 5.74) is -0.363. The molecule has 0 aromatic carbocycles. The summed E-state index contributed by atoms with van der Waals surface area (Å²) in [5.74, 6) is -0.534. The molecule has 1 aromatic heterocycles. The number of hydrogen-bond donors (Lipinski definition) is 1. The Morgan fingerprint density at radius 2 is 1.65 bits per heavy atom. The molecule has 0 radical (unpaired) electrons. The summed E-state index contributed by atoms with van der Waals surface area (Å²) in [6, 6.07) is 1.75. The van der Waals surface area contributed by atoms with Crippen LogP contribution in [0.5, 0.6) is 0 Å². The second kappa shape index (κ2) is 9.01.